The van der Waals surface area contributed by atoms with Gasteiger partial charge in [0, 0.05) is 12.2 Å². The number of anilines is 1. The van der Waals surface area contributed by atoms with E-state index in [4.69, 9.17) is 0 Å². The number of nitrogens with one attached hydrogen (secondary N) is 1. The number of carbonyl (C=O) groups excluding carboxylic acids is 1. The number of carbonyl (C=O) groups is 1. The predicted molar refractivity (Wildman–Crippen MR) is 107 cm³/mol. The topological polar surface area (TPSA) is 64.0 Å². The van der Waals surface area contributed by atoms with E-state index in [0.717, 1.165) is 11.3 Å². The van der Waals surface area contributed by atoms with Crippen molar-refractivity contribution < 1.29 is 4.79 Å². The molecule has 0 fully saturated rings. The molecule has 0 saturated carbocycles. The molecular weight excluding hydrogens is 346 g/mol. The van der Waals surface area contributed by atoms with E-state index in [-0.39, 0.29) is 17.2 Å². The number of hydrogen-bond donors (Lipinski definition) is 1. The van der Waals surface area contributed by atoms with Crippen LogP contribution >= 0.6 is 11.8 Å². The van der Waals surface area contributed by atoms with E-state index < -0.39 is 0 Å². The van der Waals surface area contributed by atoms with Gasteiger partial charge in [0.1, 0.15) is 0 Å². The van der Waals surface area contributed by atoms with E-state index >= 15 is 0 Å². The molecule has 0 unspecified atom stereocenters. The van der Waals surface area contributed by atoms with E-state index in [9.17, 15) is 9.59 Å². The van der Waals surface area contributed by atoms with Crippen LogP contribution in [0, 0.1) is 6.92 Å². The Kier molecular flexibility index (Phi) is 5.53. The fraction of sp³-hybridized carbons (Fsp3) is 0.150. The van der Waals surface area contributed by atoms with Gasteiger partial charge in [-0.1, -0.05) is 48.2 Å². The van der Waals surface area contributed by atoms with Gasteiger partial charge in [0.05, 0.1) is 16.7 Å². The van der Waals surface area contributed by atoms with Gasteiger partial charge in [0.2, 0.25) is 5.91 Å². The summed E-state index contributed by atoms with van der Waals surface area (Å²) < 4.78 is 1.54. The van der Waals surface area contributed by atoms with E-state index in [0.29, 0.717) is 22.6 Å². The van der Waals surface area contributed by atoms with Crippen molar-refractivity contribution in [3.63, 3.8) is 0 Å². The highest BCUT2D eigenvalue weighted by molar-refractivity contribution is 7.99. The average molecular weight is 365 g/mol. The first-order valence-corrected chi connectivity index (χ1v) is 9.17. The van der Waals surface area contributed by atoms with Crippen LogP contribution in [0.5, 0.6) is 0 Å². The average Bonchev–Trinajstić information content (AvgIpc) is 2.64. The molecule has 3 rings (SSSR count). The second-order valence-electron chi connectivity index (χ2n) is 5.77. The van der Waals surface area contributed by atoms with Gasteiger partial charge in [-0.05, 0) is 30.7 Å². The second kappa shape index (κ2) is 8.01. The van der Waals surface area contributed by atoms with Crippen LogP contribution in [0.3, 0.4) is 0 Å². The minimum atomic E-state index is -0.142. The lowest BCUT2D eigenvalue weighted by Crippen LogP contribution is -2.23. The number of thioether (sulfide) groups is 1. The first-order valence-electron chi connectivity index (χ1n) is 8.19. The van der Waals surface area contributed by atoms with E-state index in [1.54, 1.807) is 22.8 Å². The number of aromatic nitrogens is 2. The molecule has 0 aliphatic rings. The number of hydrogen-bond acceptors (Lipinski definition) is 4. The van der Waals surface area contributed by atoms with Crippen molar-refractivity contribution in [3.05, 3.63) is 77.1 Å². The summed E-state index contributed by atoms with van der Waals surface area (Å²) in [5.41, 5.74) is 2.28. The van der Waals surface area contributed by atoms with E-state index in [1.807, 2.05) is 43.3 Å². The highest BCUT2D eigenvalue weighted by atomic mass is 32.2. The maximum Gasteiger partial charge on any atom is 0.262 e. The Morgan fingerprint density at radius 1 is 1.23 bits per heavy atom. The van der Waals surface area contributed by atoms with Crippen LogP contribution in [-0.4, -0.2) is 21.2 Å². The maximum atomic E-state index is 12.7. The molecule has 5 nitrogen and oxygen atoms in total. The molecule has 0 saturated heterocycles. The number of rotatable bonds is 6. The van der Waals surface area contributed by atoms with Crippen LogP contribution in [0.2, 0.25) is 0 Å². The molecule has 1 aromatic heterocycles. The Bertz CT molecular complexity index is 1030. The first kappa shape index (κ1) is 17.9. The van der Waals surface area contributed by atoms with E-state index in [2.05, 4.69) is 16.9 Å². The van der Waals surface area contributed by atoms with Crippen molar-refractivity contribution >= 4 is 34.3 Å². The number of aryl methyl sites for hydroxylation is 1. The van der Waals surface area contributed by atoms with Gasteiger partial charge in [0.25, 0.3) is 5.56 Å². The van der Waals surface area contributed by atoms with Gasteiger partial charge in [-0.15, -0.1) is 6.58 Å². The first-order chi connectivity index (χ1) is 12.6. The standard InChI is InChI=1S/C20H19N3O2S/c1-3-12-23-19(25)15-9-5-7-11-17(15)22-20(23)26-13-18(24)21-16-10-6-4-8-14(16)2/h3-11H,1,12-13H2,2H3,(H,21,24). The molecule has 0 spiro atoms. The minimum Gasteiger partial charge on any atom is -0.325 e. The Morgan fingerprint density at radius 3 is 2.73 bits per heavy atom. The number of benzene rings is 2. The third-order valence-corrected chi connectivity index (χ3v) is 4.87. The van der Waals surface area contributed by atoms with Gasteiger partial charge < -0.3 is 5.32 Å². The third kappa shape index (κ3) is 3.86. The molecule has 2 aromatic carbocycles. The molecule has 3 aromatic rings. The second-order valence-corrected chi connectivity index (χ2v) is 6.71. The number of nitrogens with zero attached hydrogens (tertiary/aromatic N) is 2. The van der Waals surface area contributed by atoms with Crippen molar-refractivity contribution in [1.29, 1.82) is 0 Å². The zero-order chi connectivity index (χ0) is 18.5. The Morgan fingerprint density at radius 2 is 1.96 bits per heavy atom. The zero-order valence-corrected chi connectivity index (χ0v) is 15.3. The van der Waals surface area contributed by atoms with Crippen LogP contribution in [0.15, 0.2) is 71.1 Å². The van der Waals surface area contributed by atoms with Gasteiger partial charge >= 0.3 is 0 Å². The molecule has 0 bridgehead atoms. The quantitative estimate of drug-likeness (QED) is 0.412. The molecule has 6 heteroatoms. The fourth-order valence-electron chi connectivity index (χ4n) is 2.58. The minimum absolute atomic E-state index is 0.127. The molecule has 0 aliphatic heterocycles. The van der Waals surface area contributed by atoms with Crippen LogP contribution in [0.4, 0.5) is 5.69 Å². The van der Waals surface area contributed by atoms with Gasteiger partial charge in [-0.2, -0.15) is 0 Å². The molecule has 1 N–H and O–H groups in total. The molecule has 0 radical (unpaired) electrons. The number of fused-ring (bicyclic) bond motifs is 1. The van der Waals surface area contributed by atoms with Crippen molar-refractivity contribution in [3.8, 4) is 0 Å². The Hall–Kier alpha value is -2.86. The Balaban J connectivity index is 1.82. The van der Waals surface area contributed by atoms with Gasteiger partial charge in [-0.25, -0.2) is 4.98 Å². The molecular formula is C20H19N3O2S. The Labute approximate surface area is 155 Å². The normalized spacial score (nSPS) is 10.7. The molecule has 1 heterocycles. The van der Waals surface area contributed by atoms with Crippen LogP contribution in [-0.2, 0) is 11.3 Å². The van der Waals surface area contributed by atoms with Crippen LogP contribution < -0.4 is 10.9 Å². The van der Waals surface area contributed by atoms with Gasteiger partial charge in [0.15, 0.2) is 5.16 Å². The van der Waals surface area contributed by atoms with Crippen LogP contribution in [0.25, 0.3) is 10.9 Å². The molecule has 0 atom stereocenters. The summed E-state index contributed by atoms with van der Waals surface area (Å²) in [5, 5.41) is 3.95. The van der Waals surface area contributed by atoms with Gasteiger partial charge in [-0.3, -0.25) is 14.2 Å². The number of amides is 1. The maximum absolute atomic E-state index is 12.7. The molecule has 26 heavy (non-hydrogen) atoms. The third-order valence-electron chi connectivity index (χ3n) is 3.89. The largest absolute Gasteiger partial charge is 0.325 e. The summed E-state index contributed by atoms with van der Waals surface area (Å²) in [4.78, 5) is 29.5. The summed E-state index contributed by atoms with van der Waals surface area (Å²) in [7, 11) is 0. The summed E-state index contributed by atoms with van der Waals surface area (Å²) >= 11 is 1.24. The number of allylic oxidation sites excluding steroid dienone is 1. The highest BCUT2D eigenvalue weighted by Gasteiger charge is 2.13. The zero-order valence-electron chi connectivity index (χ0n) is 14.4. The van der Waals surface area contributed by atoms with Crippen molar-refractivity contribution in [2.24, 2.45) is 0 Å². The predicted octanol–water partition coefficient (Wildman–Crippen LogP) is 3.62. The lowest BCUT2D eigenvalue weighted by molar-refractivity contribution is -0.113. The highest BCUT2D eigenvalue weighted by Crippen LogP contribution is 2.19. The smallest absolute Gasteiger partial charge is 0.262 e. The van der Waals surface area contributed by atoms with Crippen molar-refractivity contribution in [2.75, 3.05) is 11.1 Å². The molecule has 1 amide bonds. The lowest BCUT2D eigenvalue weighted by atomic mass is 10.2. The summed E-state index contributed by atoms with van der Waals surface area (Å²) in [6, 6.07) is 14.8. The molecule has 0 aliphatic carbocycles. The number of para-hydroxylation sites is 2. The van der Waals surface area contributed by atoms with Crippen molar-refractivity contribution in [1.82, 2.24) is 9.55 Å². The summed E-state index contributed by atoms with van der Waals surface area (Å²) in [6.07, 6.45) is 1.65. The monoisotopic (exact) mass is 365 g/mol. The SMILES string of the molecule is C=CCn1c(SCC(=O)Nc2ccccc2C)nc2ccccc2c1=O. The fourth-order valence-corrected chi connectivity index (χ4v) is 3.39. The molecule has 132 valence electrons. The lowest BCUT2D eigenvalue weighted by Gasteiger charge is -2.12. The van der Waals surface area contributed by atoms with Crippen molar-refractivity contribution in [2.45, 2.75) is 18.6 Å². The summed E-state index contributed by atoms with van der Waals surface area (Å²) in [6.45, 7) is 5.99. The summed E-state index contributed by atoms with van der Waals surface area (Å²) in [5.74, 6) is 0.0212. The van der Waals surface area contributed by atoms with E-state index in [1.165, 1.54) is 11.8 Å². The van der Waals surface area contributed by atoms with Crippen LogP contribution in [0.1, 0.15) is 5.56 Å².